The van der Waals surface area contributed by atoms with Gasteiger partial charge in [0.15, 0.2) is 0 Å². The van der Waals surface area contributed by atoms with E-state index in [1.165, 1.54) is 0 Å². The Kier molecular flexibility index (Phi) is 5.27. The van der Waals surface area contributed by atoms with E-state index in [0.717, 1.165) is 18.2 Å². The Bertz CT molecular complexity index is 715. The molecule has 138 valence electrons. The predicted octanol–water partition coefficient (Wildman–Crippen LogP) is 0.525. The van der Waals surface area contributed by atoms with Gasteiger partial charge in [0.2, 0.25) is 12.9 Å². The number of carbonyl (C=O) groups is 1. The van der Waals surface area contributed by atoms with Gasteiger partial charge < -0.3 is 24.8 Å². The first kappa shape index (κ1) is 19.4. The molecule has 0 fully saturated rings. The summed E-state index contributed by atoms with van der Waals surface area (Å²) in [6.07, 6.45) is -7.13. The summed E-state index contributed by atoms with van der Waals surface area (Å²) in [5, 5.41) is 27.7. The number of carbonyl (C=O) groups excluding carboxylic acids is 1. The van der Waals surface area contributed by atoms with Gasteiger partial charge in [0, 0.05) is 10.6 Å². The maximum Gasteiger partial charge on any atom is 0.430 e. The van der Waals surface area contributed by atoms with Gasteiger partial charge in [0.1, 0.15) is 5.75 Å². The molecule has 1 aliphatic rings. The minimum atomic E-state index is -5.06. The van der Waals surface area contributed by atoms with E-state index in [4.69, 9.17) is 16.3 Å². The molecule has 0 saturated heterocycles. The van der Waals surface area contributed by atoms with Crippen LogP contribution < -0.4 is 10.6 Å². The molecule has 1 aromatic carbocycles. The highest BCUT2D eigenvalue weighted by Crippen LogP contribution is 2.42. The number of nitrogens with two attached hydrogens (primary N) is 1. The number of aliphatic hydroxyl groups is 3. The third-order valence-electron chi connectivity index (χ3n) is 3.06. The number of hydrogen-bond acceptors (Lipinski definition) is 8. The van der Waals surface area contributed by atoms with Crippen molar-refractivity contribution in [3.63, 3.8) is 0 Å². The molecule has 12 heteroatoms. The summed E-state index contributed by atoms with van der Waals surface area (Å²) in [6.45, 7) is -0.804. The van der Waals surface area contributed by atoms with Gasteiger partial charge in [-0.15, -0.1) is 0 Å². The number of esters is 1. The van der Waals surface area contributed by atoms with E-state index in [9.17, 15) is 33.3 Å². The highest BCUT2D eigenvalue weighted by atomic mass is 35.5. The van der Waals surface area contributed by atoms with E-state index in [1.54, 1.807) is 0 Å². The van der Waals surface area contributed by atoms with Crippen LogP contribution in [0.2, 0.25) is 5.02 Å². The van der Waals surface area contributed by atoms with E-state index >= 15 is 0 Å². The summed E-state index contributed by atoms with van der Waals surface area (Å²) in [5.74, 6) is -1.03. The Hall–Kier alpha value is -1.89. The highest BCUT2D eigenvalue weighted by Gasteiger charge is 2.50. The van der Waals surface area contributed by atoms with Crippen LogP contribution >= 0.6 is 11.6 Å². The first-order valence-electron chi connectivity index (χ1n) is 6.40. The third kappa shape index (κ3) is 4.21. The Morgan fingerprint density at radius 3 is 2.48 bits per heavy atom. The molecule has 0 aromatic heterocycles. The van der Waals surface area contributed by atoms with E-state index in [0.29, 0.717) is 0 Å². The minimum Gasteiger partial charge on any atom is -0.475 e. The monoisotopic (exact) mass is 385 g/mol. The van der Waals surface area contributed by atoms with Gasteiger partial charge in [0.05, 0.1) is 11.1 Å². The molecule has 1 aromatic rings. The number of rotatable bonds is 4. The van der Waals surface area contributed by atoms with Crippen molar-refractivity contribution >= 4 is 23.6 Å². The Morgan fingerprint density at radius 2 is 1.96 bits per heavy atom. The second-order valence-corrected chi connectivity index (χ2v) is 5.30. The maximum atomic E-state index is 13.2. The zero-order valence-electron chi connectivity index (χ0n) is 12.1. The van der Waals surface area contributed by atoms with Crippen molar-refractivity contribution in [3.05, 3.63) is 33.9 Å². The van der Waals surface area contributed by atoms with Crippen LogP contribution in [0.5, 0.6) is 5.75 Å². The molecule has 1 unspecified atom stereocenters. The minimum absolute atomic E-state index is 0.168. The molecule has 0 radical (unpaired) electrons. The fourth-order valence-corrected chi connectivity index (χ4v) is 2.33. The number of alkyl halides is 3. The first-order chi connectivity index (χ1) is 11.4. The van der Waals surface area contributed by atoms with Gasteiger partial charge in [0.25, 0.3) is 0 Å². The van der Waals surface area contributed by atoms with Crippen LogP contribution in [0, 0.1) is 0 Å². The molecule has 0 aliphatic carbocycles. The Morgan fingerprint density at radius 1 is 1.32 bits per heavy atom. The van der Waals surface area contributed by atoms with Gasteiger partial charge in [-0.3, -0.25) is 4.84 Å². The summed E-state index contributed by atoms with van der Waals surface area (Å²) in [5.41, 5.74) is -2.01. The number of fused-ring (bicyclic) bond motifs is 1. The summed E-state index contributed by atoms with van der Waals surface area (Å²) >= 11 is 5.73. The molecule has 1 aliphatic heterocycles. The standard InChI is InChI=1S/C13H11ClF3NO7/c14-6-1-5-2-7(11(19)23-4-24-18)10(12(15,16)17)25-9(5)8(3-6)13(20,21)22/h1-3,10,20-22H,4,18H2. The lowest BCUT2D eigenvalue weighted by molar-refractivity contribution is -0.324. The second kappa shape index (κ2) is 6.78. The largest absolute Gasteiger partial charge is 0.475 e. The lowest BCUT2D eigenvalue weighted by atomic mass is 9.98. The van der Waals surface area contributed by atoms with Crippen molar-refractivity contribution in [1.82, 2.24) is 0 Å². The molecule has 1 heterocycles. The first-order valence-corrected chi connectivity index (χ1v) is 6.78. The Balaban J connectivity index is 2.61. The van der Waals surface area contributed by atoms with Crippen LogP contribution in [0.25, 0.3) is 6.08 Å². The van der Waals surface area contributed by atoms with Crippen molar-refractivity contribution in [2.45, 2.75) is 18.3 Å². The van der Waals surface area contributed by atoms with Crippen molar-refractivity contribution in [2.75, 3.05) is 6.79 Å². The number of halogens is 4. The quantitative estimate of drug-likeness (QED) is 0.335. The normalized spacial score (nSPS) is 17.4. The second-order valence-electron chi connectivity index (χ2n) is 4.86. The number of hydrogen-bond donors (Lipinski definition) is 4. The van der Waals surface area contributed by atoms with Gasteiger partial charge in [-0.1, -0.05) is 11.6 Å². The van der Waals surface area contributed by atoms with Gasteiger partial charge in [-0.2, -0.15) is 13.2 Å². The molecule has 25 heavy (non-hydrogen) atoms. The van der Waals surface area contributed by atoms with Crippen LogP contribution in [0.15, 0.2) is 17.7 Å². The fourth-order valence-electron chi connectivity index (χ4n) is 2.11. The molecule has 1 atom stereocenters. The maximum absolute atomic E-state index is 13.2. The van der Waals surface area contributed by atoms with E-state index in [-0.39, 0.29) is 10.6 Å². The third-order valence-corrected chi connectivity index (χ3v) is 3.28. The van der Waals surface area contributed by atoms with E-state index < -0.39 is 47.9 Å². The smallest absolute Gasteiger partial charge is 0.430 e. The van der Waals surface area contributed by atoms with Crippen molar-refractivity contribution < 1.29 is 47.6 Å². The average Bonchev–Trinajstić information content (AvgIpc) is 2.48. The predicted molar refractivity (Wildman–Crippen MR) is 74.5 cm³/mol. The van der Waals surface area contributed by atoms with Gasteiger partial charge in [-0.05, 0) is 18.2 Å². The topological polar surface area (TPSA) is 131 Å². The van der Waals surface area contributed by atoms with Crippen LogP contribution in [0.4, 0.5) is 13.2 Å². The van der Waals surface area contributed by atoms with Crippen molar-refractivity contribution in [3.8, 4) is 5.75 Å². The molecule has 5 N–H and O–H groups in total. The molecular formula is C13H11ClF3NO7. The average molecular weight is 386 g/mol. The van der Waals surface area contributed by atoms with Gasteiger partial charge in [-0.25, -0.2) is 10.7 Å². The summed E-state index contributed by atoms with van der Waals surface area (Å²) in [6, 6.07) is 1.89. The zero-order chi connectivity index (χ0) is 19.0. The zero-order valence-corrected chi connectivity index (χ0v) is 12.8. The lowest BCUT2D eigenvalue weighted by Crippen LogP contribution is -2.42. The molecular weight excluding hydrogens is 375 g/mol. The van der Waals surface area contributed by atoms with Crippen LogP contribution in [-0.2, 0) is 20.3 Å². The molecule has 2 rings (SSSR count). The highest BCUT2D eigenvalue weighted by molar-refractivity contribution is 6.31. The molecule has 0 bridgehead atoms. The van der Waals surface area contributed by atoms with Crippen molar-refractivity contribution in [2.24, 2.45) is 5.90 Å². The fraction of sp³-hybridized carbons (Fsp3) is 0.308. The van der Waals surface area contributed by atoms with Crippen LogP contribution in [-0.4, -0.2) is 40.4 Å². The SMILES string of the molecule is NOCOC(=O)C1=Cc2cc(Cl)cc(C(O)(O)O)c2OC1C(F)(F)F. The van der Waals surface area contributed by atoms with Crippen LogP contribution in [0.3, 0.4) is 0 Å². The Labute approximate surface area is 142 Å². The molecule has 0 spiro atoms. The summed E-state index contributed by atoms with van der Waals surface area (Å²) in [4.78, 5) is 15.8. The molecule has 8 nitrogen and oxygen atoms in total. The summed E-state index contributed by atoms with van der Waals surface area (Å²) in [7, 11) is 0. The van der Waals surface area contributed by atoms with Gasteiger partial charge >= 0.3 is 18.1 Å². The summed E-state index contributed by atoms with van der Waals surface area (Å²) < 4.78 is 48.8. The number of ether oxygens (including phenoxy) is 2. The lowest BCUT2D eigenvalue weighted by Gasteiger charge is -2.30. The number of benzene rings is 1. The molecule has 0 saturated carbocycles. The van der Waals surface area contributed by atoms with E-state index in [2.05, 4.69) is 15.5 Å². The van der Waals surface area contributed by atoms with Crippen molar-refractivity contribution in [1.29, 1.82) is 0 Å². The van der Waals surface area contributed by atoms with E-state index in [1.807, 2.05) is 0 Å². The molecule has 0 amide bonds. The van der Waals surface area contributed by atoms with Crippen LogP contribution in [0.1, 0.15) is 11.1 Å².